The molecular weight excluding hydrogens is 188 g/mol. The molecule has 1 saturated heterocycles. The minimum Gasteiger partial charge on any atom is -0.327 e. The third-order valence-corrected chi connectivity index (χ3v) is 2.99. The van der Waals surface area contributed by atoms with E-state index in [4.69, 9.17) is 5.73 Å². The summed E-state index contributed by atoms with van der Waals surface area (Å²) < 4.78 is 1.86. The molecule has 0 amide bonds. The number of likely N-dealkylation sites (tertiary alicyclic amines) is 1. The van der Waals surface area contributed by atoms with E-state index in [2.05, 4.69) is 16.1 Å². The maximum absolute atomic E-state index is 5.94. The van der Waals surface area contributed by atoms with Crippen LogP contribution in [0, 0.1) is 0 Å². The van der Waals surface area contributed by atoms with Gasteiger partial charge >= 0.3 is 0 Å². The highest BCUT2D eigenvalue weighted by molar-refractivity contribution is 4.99. The Labute approximate surface area is 91.1 Å². The molecule has 15 heavy (non-hydrogen) atoms. The molecule has 0 saturated carbocycles. The molecule has 1 unspecified atom stereocenters. The van der Waals surface area contributed by atoms with Gasteiger partial charge in [-0.15, -0.1) is 0 Å². The predicted molar refractivity (Wildman–Crippen MR) is 60.6 cm³/mol. The second-order valence-electron chi connectivity index (χ2n) is 4.43. The molecule has 4 nitrogen and oxygen atoms in total. The van der Waals surface area contributed by atoms with Crippen molar-refractivity contribution in [2.24, 2.45) is 12.8 Å². The van der Waals surface area contributed by atoms with Gasteiger partial charge in [0.05, 0.1) is 5.69 Å². The molecule has 0 aromatic carbocycles. The lowest BCUT2D eigenvalue weighted by Gasteiger charge is -2.30. The first-order valence-electron chi connectivity index (χ1n) is 5.70. The topological polar surface area (TPSA) is 47.1 Å². The molecular formula is C11H20N4. The molecule has 2 N–H and O–H groups in total. The molecule has 0 radical (unpaired) electrons. The summed E-state index contributed by atoms with van der Waals surface area (Å²) in [5.74, 6) is 0. The molecule has 1 aliphatic heterocycles. The van der Waals surface area contributed by atoms with Gasteiger partial charge in [0.25, 0.3) is 0 Å². The first-order valence-corrected chi connectivity index (χ1v) is 5.70. The standard InChI is InChI=1S/C11H20N4/c1-14-7-4-11(13-14)5-8-15-6-2-3-10(12)9-15/h4,7,10H,2-3,5-6,8-9,12H2,1H3. The Balaban J connectivity index is 1.77. The van der Waals surface area contributed by atoms with Crippen molar-refractivity contribution < 1.29 is 0 Å². The van der Waals surface area contributed by atoms with Gasteiger partial charge in [-0.2, -0.15) is 5.10 Å². The second-order valence-corrected chi connectivity index (χ2v) is 4.43. The van der Waals surface area contributed by atoms with Gasteiger partial charge in [0, 0.05) is 38.8 Å². The van der Waals surface area contributed by atoms with Gasteiger partial charge in [0.2, 0.25) is 0 Å². The number of aromatic nitrogens is 2. The fourth-order valence-electron chi connectivity index (χ4n) is 2.16. The molecule has 0 aliphatic carbocycles. The minimum atomic E-state index is 0.377. The van der Waals surface area contributed by atoms with Crippen LogP contribution in [0.4, 0.5) is 0 Å². The zero-order chi connectivity index (χ0) is 10.7. The van der Waals surface area contributed by atoms with E-state index in [1.807, 2.05) is 17.9 Å². The summed E-state index contributed by atoms with van der Waals surface area (Å²) in [6, 6.07) is 2.46. The van der Waals surface area contributed by atoms with Crippen molar-refractivity contribution in [3.05, 3.63) is 18.0 Å². The Kier molecular flexibility index (Phi) is 3.38. The monoisotopic (exact) mass is 208 g/mol. The van der Waals surface area contributed by atoms with Crippen LogP contribution >= 0.6 is 0 Å². The molecule has 1 atom stereocenters. The van der Waals surface area contributed by atoms with Crippen molar-refractivity contribution in [1.82, 2.24) is 14.7 Å². The quantitative estimate of drug-likeness (QED) is 0.781. The van der Waals surface area contributed by atoms with Gasteiger partial charge in [-0.3, -0.25) is 4.68 Å². The first kappa shape index (κ1) is 10.6. The maximum atomic E-state index is 5.94. The van der Waals surface area contributed by atoms with E-state index in [-0.39, 0.29) is 0 Å². The van der Waals surface area contributed by atoms with E-state index in [1.54, 1.807) is 0 Å². The van der Waals surface area contributed by atoms with Crippen LogP contribution < -0.4 is 5.73 Å². The van der Waals surface area contributed by atoms with Crippen LogP contribution in [0.15, 0.2) is 12.3 Å². The molecule has 2 rings (SSSR count). The zero-order valence-corrected chi connectivity index (χ0v) is 9.39. The number of rotatable bonds is 3. The Morgan fingerprint density at radius 2 is 2.47 bits per heavy atom. The van der Waals surface area contributed by atoms with Crippen LogP contribution in [0.2, 0.25) is 0 Å². The Morgan fingerprint density at radius 1 is 1.60 bits per heavy atom. The fraction of sp³-hybridized carbons (Fsp3) is 0.727. The third-order valence-electron chi connectivity index (χ3n) is 2.99. The summed E-state index contributed by atoms with van der Waals surface area (Å²) in [5, 5.41) is 4.37. The molecule has 2 heterocycles. The van der Waals surface area contributed by atoms with Crippen LogP contribution in [0.25, 0.3) is 0 Å². The van der Waals surface area contributed by atoms with E-state index < -0.39 is 0 Å². The van der Waals surface area contributed by atoms with Crippen molar-refractivity contribution in [2.75, 3.05) is 19.6 Å². The van der Waals surface area contributed by atoms with E-state index in [1.165, 1.54) is 25.1 Å². The van der Waals surface area contributed by atoms with E-state index in [0.717, 1.165) is 19.5 Å². The van der Waals surface area contributed by atoms with Crippen molar-refractivity contribution in [2.45, 2.75) is 25.3 Å². The molecule has 84 valence electrons. The van der Waals surface area contributed by atoms with Crippen molar-refractivity contribution >= 4 is 0 Å². The summed E-state index contributed by atoms with van der Waals surface area (Å²) in [5.41, 5.74) is 7.11. The molecule has 4 heteroatoms. The SMILES string of the molecule is Cn1ccc(CCN2CCCC(N)C2)n1. The third kappa shape index (κ3) is 3.04. The lowest BCUT2D eigenvalue weighted by atomic mass is 10.1. The lowest BCUT2D eigenvalue weighted by molar-refractivity contribution is 0.211. The maximum Gasteiger partial charge on any atom is 0.0637 e. The van der Waals surface area contributed by atoms with E-state index in [0.29, 0.717) is 6.04 Å². The first-order chi connectivity index (χ1) is 7.24. The molecule has 0 spiro atoms. The number of hydrogen-bond acceptors (Lipinski definition) is 3. The summed E-state index contributed by atoms with van der Waals surface area (Å²) in [7, 11) is 1.96. The Hall–Kier alpha value is -0.870. The van der Waals surface area contributed by atoms with Gasteiger partial charge in [-0.25, -0.2) is 0 Å². The van der Waals surface area contributed by atoms with Crippen molar-refractivity contribution in [3.8, 4) is 0 Å². The summed E-state index contributed by atoms with van der Waals surface area (Å²) in [6.45, 7) is 3.33. The number of nitrogens with two attached hydrogens (primary N) is 1. The minimum absolute atomic E-state index is 0.377. The largest absolute Gasteiger partial charge is 0.327 e. The number of nitrogens with zero attached hydrogens (tertiary/aromatic N) is 3. The van der Waals surface area contributed by atoms with Gasteiger partial charge < -0.3 is 10.6 Å². The average molecular weight is 208 g/mol. The number of aryl methyl sites for hydroxylation is 1. The van der Waals surface area contributed by atoms with Gasteiger partial charge in [-0.1, -0.05) is 0 Å². The highest BCUT2D eigenvalue weighted by atomic mass is 15.2. The highest BCUT2D eigenvalue weighted by Gasteiger charge is 2.16. The van der Waals surface area contributed by atoms with Crippen LogP contribution in [0.5, 0.6) is 0 Å². The number of piperidine rings is 1. The van der Waals surface area contributed by atoms with Crippen LogP contribution in [-0.2, 0) is 13.5 Å². The molecule has 1 aliphatic rings. The van der Waals surface area contributed by atoms with Crippen LogP contribution in [-0.4, -0.2) is 40.4 Å². The predicted octanol–water partition coefficient (Wildman–Crippen LogP) is 0.386. The Morgan fingerprint density at radius 3 is 3.13 bits per heavy atom. The molecule has 1 aromatic heterocycles. The van der Waals surface area contributed by atoms with Crippen LogP contribution in [0.1, 0.15) is 18.5 Å². The smallest absolute Gasteiger partial charge is 0.0637 e. The summed E-state index contributed by atoms with van der Waals surface area (Å²) in [6.07, 6.45) is 5.45. The molecule has 1 aromatic rings. The average Bonchev–Trinajstić information content (AvgIpc) is 2.62. The number of hydrogen-bond donors (Lipinski definition) is 1. The van der Waals surface area contributed by atoms with Crippen molar-refractivity contribution in [3.63, 3.8) is 0 Å². The molecule has 1 fully saturated rings. The summed E-state index contributed by atoms with van der Waals surface area (Å²) >= 11 is 0. The van der Waals surface area contributed by atoms with Gasteiger partial charge in [-0.05, 0) is 25.5 Å². The van der Waals surface area contributed by atoms with E-state index >= 15 is 0 Å². The van der Waals surface area contributed by atoms with E-state index in [9.17, 15) is 0 Å². The van der Waals surface area contributed by atoms with Crippen molar-refractivity contribution in [1.29, 1.82) is 0 Å². The highest BCUT2D eigenvalue weighted by Crippen LogP contribution is 2.08. The normalized spacial score (nSPS) is 23.2. The lowest BCUT2D eigenvalue weighted by Crippen LogP contribution is -2.43. The van der Waals surface area contributed by atoms with Crippen LogP contribution in [0.3, 0.4) is 0 Å². The zero-order valence-electron chi connectivity index (χ0n) is 9.39. The summed E-state index contributed by atoms with van der Waals surface area (Å²) in [4.78, 5) is 2.45. The second kappa shape index (κ2) is 4.77. The van der Waals surface area contributed by atoms with Gasteiger partial charge in [0.15, 0.2) is 0 Å². The van der Waals surface area contributed by atoms with Gasteiger partial charge in [0.1, 0.15) is 0 Å². The molecule has 0 bridgehead atoms. The fourth-order valence-corrected chi connectivity index (χ4v) is 2.16. The Bertz CT molecular complexity index is 307.